The molecule has 2 aromatic rings. The molecule has 0 bridgehead atoms. The Morgan fingerprint density at radius 3 is 3.08 bits per heavy atom. The molecule has 2 aliphatic heterocycles. The van der Waals surface area contributed by atoms with Gasteiger partial charge in [-0.2, -0.15) is 9.97 Å². The zero-order valence-corrected chi connectivity index (χ0v) is 13.9. The van der Waals surface area contributed by atoms with Gasteiger partial charge in [-0.25, -0.2) is 4.98 Å². The maximum Gasteiger partial charge on any atom is 0.319 e. The van der Waals surface area contributed by atoms with Crippen LogP contribution < -0.4 is 10.5 Å². The van der Waals surface area contributed by atoms with E-state index in [0.29, 0.717) is 11.2 Å². The number of nitrogen functional groups attached to an aromatic ring is 1. The van der Waals surface area contributed by atoms with Gasteiger partial charge < -0.3 is 29.4 Å². The molecule has 2 aliphatic rings. The molecular formula is C12H16N5O6P. The van der Waals surface area contributed by atoms with Gasteiger partial charge in [0.2, 0.25) is 11.8 Å². The summed E-state index contributed by atoms with van der Waals surface area (Å²) in [5, 5.41) is 10.9. The van der Waals surface area contributed by atoms with Crippen molar-refractivity contribution in [3.8, 4) is 5.88 Å². The molecule has 2 saturated heterocycles. The monoisotopic (exact) mass is 357 g/mol. The van der Waals surface area contributed by atoms with Gasteiger partial charge in [0, 0.05) is 0 Å². The molecule has 0 spiro atoms. The minimum Gasteiger partial charge on any atom is -0.479 e. The second-order valence-corrected chi connectivity index (χ2v) is 6.79. The van der Waals surface area contributed by atoms with Crippen LogP contribution in [0, 0.1) is 0 Å². The van der Waals surface area contributed by atoms with Crippen LogP contribution in [0.1, 0.15) is 13.2 Å². The number of nitrogens with two attached hydrogens (primary N) is 1. The van der Waals surface area contributed by atoms with Gasteiger partial charge >= 0.3 is 8.25 Å². The van der Waals surface area contributed by atoms with Gasteiger partial charge in [0.15, 0.2) is 17.4 Å². The van der Waals surface area contributed by atoms with E-state index in [2.05, 4.69) is 15.0 Å². The molecule has 0 saturated carbocycles. The summed E-state index contributed by atoms with van der Waals surface area (Å²) in [6, 6.07) is 0. The van der Waals surface area contributed by atoms with E-state index in [1.807, 2.05) is 0 Å². The summed E-state index contributed by atoms with van der Waals surface area (Å²) in [5.74, 6) is 0.219. The number of rotatable bonds is 2. The van der Waals surface area contributed by atoms with E-state index in [4.69, 9.17) is 24.3 Å². The zero-order chi connectivity index (χ0) is 17.1. The highest BCUT2D eigenvalue weighted by Crippen LogP contribution is 2.48. The number of anilines is 1. The van der Waals surface area contributed by atoms with Gasteiger partial charge in [-0.15, -0.1) is 0 Å². The molecule has 0 radical (unpaired) electrons. The van der Waals surface area contributed by atoms with E-state index < -0.39 is 32.3 Å². The Kier molecular flexibility index (Phi) is 3.52. The highest BCUT2D eigenvalue weighted by Gasteiger charge is 2.57. The standard InChI is InChI=1S/C12H16N5O6P/c1-12(18)7-5(3-21-24(19)23-7)22-10(12)17-4-14-6-8(17)15-11(13)16-9(6)20-2/h4-5,7,10,18,24H,3H2,1-2H3,(H2,13,15,16)/t5-,7-,10-,12?/m1/s1. The van der Waals surface area contributed by atoms with Crippen molar-refractivity contribution in [1.82, 2.24) is 19.5 Å². The van der Waals surface area contributed by atoms with E-state index in [9.17, 15) is 9.67 Å². The number of aromatic nitrogens is 4. The molecule has 12 heteroatoms. The molecule has 4 heterocycles. The third-order valence-corrected chi connectivity index (χ3v) is 5.01. The lowest BCUT2D eigenvalue weighted by atomic mass is 9.96. The van der Waals surface area contributed by atoms with E-state index in [1.54, 1.807) is 0 Å². The fourth-order valence-corrected chi connectivity index (χ4v) is 4.04. The molecule has 130 valence electrons. The third kappa shape index (κ3) is 2.20. The predicted molar refractivity (Wildman–Crippen MR) is 80.6 cm³/mol. The number of hydrogen-bond donors (Lipinski definition) is 2. The minimum absolute atomic E-state index is 0.000735. The van der Waals surface area contributed by atoms with Gasteiger partial charge in [-0.1, -0.05) is 0 Å². The smallest absolute Gasteiger partial charge is 0.319 e. The second-order valence-electron chi connectivity index (χ2n) is 5.77. The lowest BCUT2D eigenvalue weighted by Gasteiger charge is -2.31. The van der Waals surface area contributed by atoms with Gasteiger partial charge in [0.05, 0.1) is 20.0 Å². The Hall–Kier alpha value is -1.78. The maximum absolute atomic E-state index is 11.5. The van der Waals surface area contributed by atoms with Gasteiger partial charge in [0.1, 0.15) is 17.8 Å². The van der Waals surface area contributed by atoms with Crippen LogP contribution in [0.3, 0.4) is 0 Å². The fraction of sp³-hybridized carbons (Fsp3) is 0.583. The molecule has 11 nitrogen and oxygen atoms in total. The second kappa shape index (κ2) is 5.36. The molecule has 2 aromatic heterocycles. The first-order chi connectivity index (χ1) is 11.4. The largest absolute Gasteiger partial charge is 0.479 e. The van der Waals surface area contributed by atoms with E-state index in [1.165, 1.54) is 24.9 Å². The van der Waals surface area contributed by atoms with Crippen molar-refractivity contribution in [2.24, 2.45) is 0 Å². The Bertz CT molecular complexity index is 826. The predicted octanol–water partition coefficient (Wildman–Crippen LogP) is -0.129. The first-order valence-electron chi connectivity index (χ1n) is 7.17. The summed E-state index contributed by atoms with van der Waals surface area (Å²) < 4.78 is 34.3. The molecule has 0 aliphatic carbocycles. The van der Waals surface area contributed by atoms with Crippen molar-refractivity contribution in [3.63, 3.8) is 0 Å². The Morgan fingerprint density at radius 1 is 1.54 bits per heavy atom. The Labute approximate surface area is 136 Å². The summed E-state index contributed by atoms with van der Waals surface area (Å²) in [6.45, 7) is 1.61. The number of methoxy groups -OCH3 is 1. The highest BCUT2D eigenvalue weighted by atomic mass is 31.1. The molecule has 3 N–H and O–H groups in total. The Morgan fingerprint density at radius 2 is 2.33 bits per heavy atom. The lowest BCUT2D eigenvalue weighted by molar-refractivity contribution is -0.0884. The van der Waals surface area contributed by atoms with Crippen molar-refractivity contribution in [2.45, 2.75) is 31.0 Å². The van der Waals surface area contributed by atoms with Crippen LogP contribution in [0.5, 0.6) is 5.88 Å². The molecular weight excluding hydrogens is 341 g/mol. The quantitative estimate of drug-likeness (QED) is 0.697. The van der Waals surface area contributed by atoms with Crippen molar-refractivity contribution in [1.29, 1.82) is 0 Å². The minimum atomic E-state index is -2.65. The van der Waals surface area contributed by atoms with Crippen molar-refractivity contribution in [3.05, 3.63) is 6.33 Å². The van der Waals surface area contributed by atoms with Crippen LogP contribution in [-0.2, 0) is 18.3 Å². The number of imidazole rings is 1. The maximum atomic E-state index is 11.5. The van der Waals surface area contributed by atoms with Crippen LogP contribution in [0.15, 0.2) is 6.33 Å². The van der Waals surface area contributed by atoms with Crippen LogP contribution >= 0.6 is 8.25 Å². The molecule has 0 amide bonds. The van der Waals surface area contributed by atoms with Gasteiger partial charge in [-0.05, 0) is 6.92 Å². The Balaban J connectivity index is 1.80. The van der Waals surface area contributed by atoms with Crippen LogP contribution in [0.4, 0.5) is 5.95 Å². The van der Waals surface area contributed by atoms with Crippen molar-refractivity contribution >= 4 is 25.4 Å². The molecule has 2 unspecified atom stereocenters. The topological polar surface area (TPSA) is 144 Å². The number of fused-ring (bicyclic) bond motifs is 2. The number of hydrogen-bond acceptors (Lipinski definition) is 10. The van der Waals surface area contributed by atoms with Crippen LogP contribution in [0.25, 0.3) is 11.2 Å². The van der Waals surface area contributed by atoms with Gasteiger partial charge in [-0.3, -0.25) is 9.13 Å². The van der Waals surface area contributed by atoms with Crippen LogP contribution in [-0.4, -0.2) is 56.2 Å². The number of ether oxygens (including phenoxy) is 2. The molecule has 0 aromatic carbocycles. The number of nitrogens with zero attached hydrogens (tertiary/aromatic N) is 4. The first-order valence-corrected chi connectivity index (χ1v) is 8.39. The fourth-order valence-electron chi connectivity index (χ4n) is 3.07. The molecule has 2 fully saturated rings. The summed E-state index contributed by atoms with van der Waals surface area (Å²) in [6.07, 6.45) is -0.790. The summed E-state index contributed by atoms with van der Waals surface area (Å²) in [7, 11) is -1.20. The molecule has 5 atom stereocenters. The van der Waals surface area contributed by atoms with E-state index >= 15 is 0 Å². The van der Waals surface area contributed by atoms with E-state index in [-0.39, 0.29) is 18.4 Å². The molecule has 24 heavy (non-hydrogen) atoms. The third-order valence-electron chi connectivity index (χ3n) is 4.16. The first kappa shape index (κ1) is 15.7. The summed E-state index contributed by atoms with van der Waals surface area (Å²) in [4.78, 5) is 12.3. The van der Waals surface area contributed by atoms with Gasteiger partial charge in [0.25, 0.3) is 0 Å². The lowest BCUT2D eigenvalue weighted by Crippen LogP contribution is -2.46. The zero-order valence-electron chi connectivity index (χ0n) is 12.9. The van der Waals surface area contributed by atoms with E-state index in [0.717, 1.165) is 0 Å². The SMILES string of the molecule is COc1nc(N)nc2c1ncn2[C@@H]1O[C@@H]2CO[PH](=O)O[C@H]2C1(C)O. The summed E-state index contributed by atoms with van der Waals surface area (Å²) >= 11 is 0. The normalized spacial score (nSPS) is 36.0. The number of aliphatic hydroxyl groups is 1. The summed E-state index contributed by atoms with van der Waals surface area (Å²) in [5.41, 5.74) is 4.95. The highest BCUT2D eigenvalue weighted by molar-refractivity contribution is 7.33. The van der Waals surface area contributed by atoms with Crippen molar-refractivity contribution in [2.75, 3.05) is 19.5 Å². The average molecular weight is 357 g/mol. The van der Waals surface area contributed by atoms with Crippen molar-refractivity contribution < 1.29 is 28.2 Å². The van der Waals surface area contributed by atoms with Crippen LogP contribution in [0.2, 0.25) is 0 Å². The molecule has 4 rings (SSSR count). The average Bonchev–Trinajstić information content (AvgIpc) is 3.05.